The molecule has 0 aliphatic carbocycles. The molecular formula is C19H25N5O3S. The highest BCUT2D eigenvalue weighted by atomic mass is 32.2. The Morgan fingerprint density at radius 2 is 2.04 bits per heavy atom. The van der Waals surface area contributed by atoms with Gasteiger partial charge in [0.25, 0.3) is 0 Å². The van der Waals surface area contributed by atoms with E-state index in [1.165, 1.54) is 12.1 Å². The Morgan fingerprint density at radius 3 is 2.71 bits per heavy atom. The number of rotatable bonds is 6. The fraction of sp³-hybridized carbons (Fsp3) is 0.421. The Balaban J connectivity index is 1.50. The number of hydrogen-bond acceptors (Lipinski definition) is 6. The van der Waals surface area contributed by atoms with Crippen LogP contribution in [0.2, 0.25) is 0 Å². The van der Waals surface area contributed by atoms with Crippen molar-refractivity contribution in [2.24, 2.45) is 11.1 Å². The zero-order valence-electron chi connectivity index (χ0n) is 15.8. The zero-order chi connectivity index (χ0) is 20.1. The lowest BCUT2D eigenvalue weighted by Crippen LogP contribution is -2.44. The molecule has 28 heavy (non-hydrogen) atoms. The summed E-state index contributed by atoms with van der Waals surface area (Å²) in [5, 5.41) is 8.07. The van der Waals surface area contributed by atoms with Crippen molar-refractivity contribution in [3.05, 3.63) is 47.8 Å². The Labute approximate surface area is 165 Å². The number of carbonyl (C=O) groups excluding carboxylic acids is 1. The number of benzene rings is 1. The molecule has 1 aromatic heterocycles. The first-order valence-electron chi connectivity index (χ1n) is 9.27. The summed E-state index contributed by atoms with van der Waals surface area (Å²) in [7, 11) is -3.68. The molecule has 1 aliphatic rings. The smallest absolute Gasteiger partial charge is 0.238 e. The highest BCUT2D eigenvalue weighted by Gasteiger charge is 2.26. The first kappa shape index (κ1) is 20.2. The fourth-order valence-corrected chi connectivity index (χ4v) is 3.80. The van der Waals surface area contributed by atoms with Crippen molar-refractivity contribution in [3.63, 3.8) is 0 Å². The maximum atomic E-state index is 12.5. The standard InChI is InChI=1S/C19H25N5O3S/c1-14-8-10-22-19(23-14)24-12-2-3-16(13-24)18(25)21-11-9-15-4-6-17(7-5-15)28(20,26)27/h4-8,10,16H,2-3,9,11-13H2,1H3,(H,21,25)(H2,20,26,27)/t16-/m0/s1. The Bertz CT molecular complexity index is 931. The summed E-state index contributed by atoms with van der Waals surface area (Å²) in [6.07, 6.45) is 4.12. The number of hydrogen-bond donors (Lipinski definition) is 2. The molecule has 150 valence electrons. The van der Waals surface area contributed by atoms with Crippen molar-refractivity contribution in [2.75, 3.05) is 24.5 Å². The van der Waals surface area contributed by atoms with E-state index < -0.39 is 10.0 Å². The topological polar surface area (TPSA) is 118 Å². The maximum Gasteiger partial charge on any atom is 0.238 e. The first-order valence-corrected chi connectivity index (χ1v) is 10.8. The SMILES string of the molecule is Cc1ccnc(N2CCC[C@H](C(=O)NCCc3ccc(S(N)(=O)=O)cc3)C2)n1. The molecule has 1 aromatic carbocycles. The highest BCUT2D eigenvalue weighted by Crippen LogP contribution is 2.20. The summed E-state index contributed by atoms with van der Waals surface area (Å²) in [5.74, 6) is 0.605. The second-order valence-corrected chi connectivity index (χ2v) is 8.57. The monoisotopic (exact) mass is 403 g/mol. The van der Waals surface area contributed by atoms with Crippen LogP contribution in [-0.4, -0.2) is 43.9 Å². The molecule has 0 spiro atoms. The largest absolute Gasteiger partial charge is 0.355 e. The van der Waals surface area contributed by atoms with Crippen LogP contribution < -0.4 is 15.4 Å². The van der Waals surface area contributed by atoms with Crippen LogP contribution >= 0.6 is 0 Å². The van der Waals surface area contributed by atoms with Crippen molar-refractivity contribution in [3.8, 4) is 0 Å². The zero-order valence-corrected chi connectivity index (χ0v) is 16.7. The average molecular weight is 404 g/mol. The van der Waals surface area contributed by atoms with Gasteiger partial charge in [0.2, 0.25) is 21.9 Å². The molecule has 0 radical (unpaired) electrons. The van der Waals surface area contributed by atoms with Gasteiger partial charge in [-0.25, -0.2) is 23.5 Å². The van der Waals surface area contributed by atoms with Crippen molar-refractivity contribution >= 4 is 21.9 Å². The molecular weight excluding hydrogens is 378 g/mol. The van der Waals surface area contributed by atoms with Crippen molar-refractivity contribution in [1.29, 1.82) is 0 Å². The molecule has 0 unspecified atom stereocenters. The van der Waals surface area contributed by atoms with E-state index in [0.29, 0.717) is 25.5 Å². The van der Waals surface area contributed by atoms with Gasteiger partial charge in [-0.2, -0.15) is 0 Å². The molecule has 1 amide bonds. The van der Waals surface area contributed by atoms with Crippen LogP contribution in [0.4, 0.5) is 5.95 Å². The Morgan fingerprint density at radius 1 is 1.29 bits per heavy atom. The van der Waals surface area contributed by atoms with E-state index in [1.807, 2.05) is 13.0 Å². The third-order valence-corrected chi connectivity index (χ3v) is 5.75. The number of aromatic nitrogens is 2. The van der Waals surface area contributed by atoms with E-state index >= 15 is 0 Å². The van der Waals surface area contributed by atoms with Crippen LogP contribution in [0.3, 0.4) is 0 Å². The van der Waals surface area contributed by atoms with Gasteiger partial charge >= 0.3 is 0 Å². The van der Waals surface area contributed by atoms with E-state index in [9.17, 15) is 13.2 Å². The summed E-state index contributed by atoms with van der Waals surface area (Å²) in [6, 6.07) is 8.24. The number of carbonyl (C=O) groups is 1. The number of anilines is 1. The molecule has 0 bridgehead atoms. The number of nitrogens with one attached hydrogen (secondary N) is 1. The lowest BCUT2D eigenvalue weighted by molar-refractivity contribution is -0.125. The lowest BCUT2D eigenvalue weighted by atomic mass is 9.97. The third kappa shape index (κ3) is 5.26. The quantitative estimate of drug-likeness (QED) is 0.743. The van der Waals surface area contributed by atoms with Gasteiger partial charge in [-0.05, 0) is 49.9 Å². The molecule has 3 rings (SSSR count). The van der Waals surface area contributed by atoms with Crippen molar-refractivity contribution in [1.82, 2.24) is 15.3 Å². The second-order valence-electron chi connectivity index (χ2n) is 7.01. The number of primary sulfonamides is 1. The Hall–Kier alpha value is -2.52. The molecule has 3 N–H and O–H groups in total. The van der Waals surface area contributed by atoms with Gasteiger partial charge in [0, 0.05) is 31.5 Å². The van der Waals surface area contributed by atoms with Crippen LogP contribution in [0.15, 0.2) is 41.4 Å². The summed E-state index contributed by atoms with van der Waals surface area (Å²) in [5.41, 5.74) is 1.84. The van der Waals surface area contributed by atoms with Crippen molar-refractivity contribution in [2.45, 2.75) is 31.1 Å². The van der Waals surface area contributed by atoms with Crippen LogP contribution in [0.25, 0.3) is 0 Å². The fourth-order valence-electron chi connectivity index (χ4n) is 3.28. The predicted molar refractivity (Wildman–Crippen MR) is 106 cm³/mol. The molecule has 1 atom stereocenters. The number of nitrogens with two attached hydrogens (primary N) is 1. The molecule has 9 heteroatoms. The predicted octanol–water partition coefficient (Wildman–Crippen LogP) is 1.01. The molecule has 1 aliphatic heterocycles. The molecule has 1 fully saturated rings. The minimum atomic E-state index is -3.68. The van der Waals surface area contributed by atoms with Gasteiger partial charge in [-0.1, -0.05) is 12.1 Å². The summed E-state index contributed by atoms with van der Waals surface area (Å²) in [4.78, 5) is 23.5. The molecule has 8 nitrogen and oxygen atoms in total. The molecule has 0 saturated carbocycles. The van der Waals surface area contributed by atoms with Crippen LogP contribution in [0.5, 0.6) is 0 Å². The number of aryl methyl sites for hydroxylation is 1. The number of amides is 1. The average Bonchev–Trinajstić information content (AvgIpc) is 2.68. The summed E-state index contributed by atoms with van der Waals surface area (Å²) >= 11 is 0. The Kier molecular flexibility index (Phi) is 6.25. The molecule has 2 aromatic rings. The van der Waals surface area contributed by atoms with E-state index in [4.69, 9.17) is 5.14 Å². The van der Waals surface area contributed by atoms with E-state index in [2.05, 4.69) is 20.2 Å². The van der Waals surface area contributed by atoms with E-state index in [0.717, 1.165) is 30.6 Å². The van der Waals surface area contributed by atoms with Crippen LogP contribution in [0.1, 0.15) is 24.1 Å². The van der Waals surface area contributed by atoms with Gasteiger partial charge < -0.3 is 10.2 Å². The minimum Gasteiger partial charge on any atom is -0.355 e. The van der Waals surface area contributed by atoms with Gasteiger partial charge in [-0.3, -0.25) is 4.79 Å². The number of nitrogens with zero attached hydrogens (tertiary/aromatic N) is 3. The van der Waals surface area contributed by atoms with E-state index in [1.54, 1.807) is 18.3 Å². The summed E-state index contributed by atoms with van der Waals surface area (Å²) in [6.45, 7) is 3.88. The van der Waals surface area contributed by atoms with Crippen LogP contribution in [-0.2, 0) is 21.2 Å². The van der Waals surface area contributed by atoms with Gasteiger partial charge in [0.1, 0.15) is 0 Å². The van der Waals surface area contributed by atoms with Gasteiger partial charge in [0.05, 0.1) is 10.8 Å². The molecule has 2 heterocycles. The summed E-state index contributed by atoms with van der Waals surface area (Å²) < 4.78 is 22.6. The van der Waals surface area contributed by atoms with Gasteiger partial charge in [0.15, 0.2) is 0 Å². The van der Waals surface area contributed by atoms with E-state index in [-0.39, 0.29) is 16.7 Å². The highest BCUT2D eigenvalue weighted by molar-refractivity contribution is 7.89. The van der Waals surface area contributed by atoms with Crippen LogP contribution in [0, 0.1) is 12.8 Å². The second kappa shape index (κ2) is 8.66. The molecule has 1 saturated heterocycles. The van der Waals surface area contributed by atoms with Gasteiger partial charge in [-0.15, -0.1) is 0 Å². The minimum absolute atomic E-state index is 0.0264. The number of piperidine rings is 1. The third-order valence-electron chi connectivity index (χ3n) is 4.82. The first-order chi connectivity index (χ1) is 13.3. The lowest BCUT2D eigenvalue weighted by Gasteiger charge is -2.32. The maximum absolute atomic E-state index is 12.5. The van der Waals surface area contributed by atoms with Crippen molar-refractivity contribution < 1.29 is 13.2 Å². The number of sulfonamides is 1. The normalized spacial score (nSPS) is 17.4.